The molecule has 22 saturated heterocycles. The number of aliphatic carboxylic acids is 2. The molecule has 0 spiro atoms. The van der Waals surface area contributed by atoms with Gasteiger partial charge in [-0.05, 0) is 0 Å². The largest absolute Gasteiger partial charge is 0.481 e. The van der Waals surface area contributed by atoms with Gasteiger partial charge in [0.05, 0.1) is 65.7 Å². The van der Waals surface area contributed by atoms with Gasteiger partial charge in [0.15, 0.2) is 37.7 Å². The highest BCUT2D eigenvalue weighted by Gasteiger charge is 2.59. The van der Waals surface area contributed by atoms with Gasteiger partial charge in [-0.2, -0.15) is 0 Å². The van der Waals surface area contributed by atoms with Crippen molar-refractivity contribution in [2.45, 2.75) is 197 Å². The third kappa shape index (κ3) is 13.2. The van der Waals surface area contributed by atoms with Crippen molar-refractivity contribution in [1.82, 2.24) is 0 Å². The molecule has 0 aromatic rings. The lowest BCUT2D eigenvalue weighted by molar-refractivity contribution is -0.405. The molecule has 0 aromatic heterocycles. The van der Waals surface area contributed by atoms with Crippen molar-refractivity contribution in [1.29, 1.82) is 0 Å². The molecule has 22 fully saturated rings. The van der Waals surface area contributed by atoms with Crippen LogP contribution in [0, 0.1) is 0 Å². The second kappa shape index (κ2) is 27.0. The summed E-state index contributed by atoms with van der Waals surface area (Å²) in [7, 11) is 0. The van der Waals surface area contributed by atoms with E-state index in [1.807, 2.05) is 0 Å². The molecule has 22 aliphatic rings. The maximum atomic E-state index is 12.0. The van der Waals surface area contributed by atoms with E-state index in [0.29, 0.717) is 0 Å². The number of aliphatic hydroxyl groups is 16. The fourth-order valence-electron chi connectivity index (χ4n) is 9.72. The Kier molecular flexibility index (Phi) is 21.8. The molecule has 0 amide bonds. The first kappa shape index (κ1) is 61.4. The topological polar surface area (TPSA) is 528 Å². The average molecular weight is 1120 g/mol. The molecule has 0 aromatic carbocycles. The minimum atomic E-state index is -2.23. The van der Waals surface area contributed by atoms with Crippen molar-refractivity contribution in [2.75, 3.05) is 52.9 Å². The van der Waals surface area contributed by atoms with Crippen LogP contribution in [0.15, 0.2) is 0 Å². The second-order valence-electron chi connectivity index (χ2n) is 18.9. The van der Waals surface area contributed by atoms with Crippen LogP contribution in [0.25, 0.3) is 0 Å². The molecule has 22 rings (SSSR count). The zero-order valence-corrected chi connectivity index (χ0v) is 40.0. The average Bonchev–Trinajstić information content (AvgIpc) is 3.39. The standard InChI is InChI=1S/C42H68O34/c43-5-11-30-19(52)24(57)37(65-11)71-31-12(6-44)66-39(25(58)20(31)53)73-33-14(8-46)68-41(27(60)22(33)55)75-35-16(10-63-3-1-17(48)49)70-42(36(29(35)62)64-4-2-18(50)51)76-34-15(9-47)69-40(28(61)23(34)56)74-32-13(7-45)67-38(72-30)26(59)21(32)54/h11-16,19-47,52-62H,1-10H2,(H,48,49)(H,50,51)/t11-,12-,13-,14-,15-,16-,19-,20-,21-,22-,23-,24-,25-,26-,27-,28-,29+,30-,31-,32-,33-,34-,35-,36-,37-,38-,39-,40-,41-,42-/m1/s1. The molecule has 440 valence electrons. The third-order valence-corrected chi connectivity index (χ3v) is 13.8. The van der Waals surface area contributed by atoms with Crippen molar-refractivity contribution in [2.24, 2.45) is 0 Å². The van der Waals surface area contributed by atoms with Gasteiger partial charge < -0.3 is 158 Å². The van der Waals surface area contributed by atoms with E-state index < -0.39 is 262 Å². The van der Waals surface area contributed by atoms with E-state index in [1.165, 1.54) is 0 Å². The highest BCUT2D eigenvalue weighted by molar-refractivity contribution is 5.67. The fraction of sp³-hybridized carbons (Fsp3) is 0.952. The van der Waals surface area contributed by atoms with E-state index in [2.05, 4.69) is 0 Å². The summed E-state index contributed by atoms with van der Waals surface area (Å²) in [5, 5.41) is 196. The van der Waals surface area contributed by atoms with Gasteiger partial charge in [0.25, 0.3) is 0 Å². The van der Waals surface area contributed by atoms with Gasteiger partial charge in [-0.1, -0.05) is 0 Å². The Morgan fingerprint density at radius 2 is 0.566 bits per heavy atom. The van der Waals surface area contributed by atoms with Gasteiger partial charge in [-0.15, -0.1) is 0 Å². The number of hydrogen-bond acceptors (Lipinski definition) is 32. The normalized spacial score (nSPS) is 49.5. The van der Waals surface area contributed by atoms with Crippen molar-refractivity contribution in [3.05, 3.63) is 0 Å². The van der Waals surface area contributed by atoms with Crippen LogP contribution >= 0.6 is 0 Å². The Morgan fingerprint density at radius 1 is 0.316 bits per heavy atom. The first-order chi connectivity index (χ1) is 36.2. The second-order valence-corrected chi connectivity index (χ2v) is 18.9. The van der Waals surface area contributed by atoms with Gasteiger partial charge in [0.1, 0.15) is 146 Å². The Morgan fingerprint density at radius 3 is 0.842 bits per heavy atom. The number of aliphatic hydroxyl groups excluding tert-OH is 16. The number of ether oxygens (including phenoxy) is 14. The summed E-state index contributed by atoms with van der Waals surface area (Å²) in [5.74, 6) is -2.68. The minimum Gasteiger partial charge on any atom is -0.481 e. The molecule has 76 heavy (non-hydrogen) atoms. The predicted molar refractivity (Wildman–Crippen MR) is 228 cm³/mol. The van der Waals surface area contributed by atoms with Crippen molar-refractivity contribution >= 4 is 11.9 Å². The van der Waals surface area contributed by atoms with E-state index in [0.717, 1.165) is 0 Å². The molecular formula is C42H68O34. The van der Waals surface area contributed by atoms with Gasteiger partial charge in [-0.3, -0.25) is 9.59 Å². The van der Waals surface area contributed by atoms with Crippen molar-refractivity contribution in [3.63, 3.8) is 0 Å². The van der Waals surface area contributed by atoms with E-state index in [1.54, 1.807) is 0 Å². The van der Waals surface area contributed by atoms with E-state index in [4.69, 9.17) is 66.3 Å². The lowest BCUT2D eigenvalue weighted by Gasteiger charge is -2.51. The molecule has 12 bridgehead atoms. The molecule has 30 atom stereocenters. The Balaban J connectivity index is 1.24. The van der Waals surface area contributed by atoms with Crippen molar-refractivity contribution in [3.8, 4) is 0 Å². The number of carboxylic acid groups (broad SMARTS) is 2. The summed E-state index contributed by atoms with van der Waals surface area (Å²) in [6.07, 6.45) is -61.0. The van der Waals surface area contributed by atoms with Crippen LogP contribution in [0.1, 0.15) is 12.8 Å². The van der Waals surface area contributed by atoms with Crippen LogP contribution in [-0.4, -0.2) is 341 Å². The predicted octanol–water partition coefficient (Wildman–Crippen LogP) is -12.1. The highest BCUT2D eigenvalue weighted by atomic mass is 16.8. The summed E-state index contributed by atoms with van der Waals surface area (Å²) >= 11 is 0. The summed E-state index contributed by atoms with van der Waals surface area (Å²) in [6, 6.07) is 0. The number of hydrogen-bond donors (Lipinski definition) is 18. The van der Waals surface area contributed by atoms with E-state index >= 15 is 0 Å². The highest BCUT2D eigenvalue weighted by Crippen LogP contribution is 2.38. The van der Waals surface area contributed by atoms with Crippen LogP contribution in [0.2, 0.25) is 0 Å². The Labute approximate surface area is 429 Å². The quantitative estimate of drug-likeness (QED) is 0.0718. The molecule has 18 N–H and O–H groups in total. The fourth-order valence-corrected chi connectivity index (χ4v) is 9.72. The number of rotatable bonds is 14. The SMILES string of the molecule is O=C(O)CCOC[C@H]1O[C@@H]2O[C@H]3[C@H](O)[C@@H](O)[C@@H](O[C@H]4[C@H](O)[C@@H](O)[C@@H](O[C@H]5[C@H](O)[C@@H](O)[C@@H](O[C@H]6[C@H](O)[C@@H](O)[C@@H](O[C@H]7[C@H](O)[C@@H](O)[C@@H](O[C@H]1[C@H](O)[C@H]2OCCC(=O)O)O[C@@H]7CO)O[C@@H]6CO)O[C@@H]5CO)O[C@@H]4CO)O[C@@H]3CO. The molecular weight excluding hydrogens is 1050 g/mol. The van der Waals surface area contributed by atoms with Gasteiger partial charge in [0.2, 0.25) is 0 Å². The van der Waals surface area contributed by atoms with Gasteiger partial charge >= 0.3 is 11.9 Å². The number of carboxylic acids is 2. The zero-order chi connectivity index (χ0) is 55.4. The maximum absolute atomic E-state index is 12.0. The molecule has 34 heteroatoms. The molecule has 0 unspecified atom stereocenters. The molecule has 0 aliphatic carbocycles. The molecule has 34 nitrogen and oxygen atoms in total. The first-order valence-electron chi connectivity index (χ1n) is 24.2. The zero-order valence-electron chi connectivity index (χ0n) is 40.0. The van der Waals surface area contributed by atoms with Gasteiger partial charge in [0, 0.05) is 0 Å². The molecule has 0 radical (unpaired) electrons. The number of carbonyl (C=O) groups is 2. The lowest BCUT2D eigenvalue weighted by Crippen LogP contribution is -2.69. The van der Waals surface area contributed by atoms with E-state index in [9.17, 15) is 102 Å². The summed E-state index contributed by atoms with van der Waals surface area (Å²) in [6.45, 7) is -7.08. The molecule has 22 heterocycles. The first-order valence-corrected chi connectivity index (χ1v) is 24.2. The summed E-state index contributed by atoms with van der Waals surface area (Å²) in [5.41, 5.74) is 0. The van der Waals surface area contributed by atoms with Crippen LogP contribution in [-0.2, 0) is 75.9 Å². The van der Waals surface area contributed by atoms with E-state index in [-0.39, 0.29) is 0 Å². The van der Waals surface area contributed by atoms with Crippen LogP contribution in [0.3, 0.4) is 0 Å². The maximum Gasteiger partial charge on any atom is 0.305 e. The lowest BCUT2D eigenvalue weighted by atomic mass is 9.94. The third-order valence-electron chi connectivity index (χ3n) is 13.8. The van der Waals surface area contributed by atoms with Crippen LogP contribution in [0.4, 0.5) is 0 Å². The Bertz CT molecular complexity index is 1810. The molecule has 22 aliphatic heterocycles. The minimum absolute atomic E-state index is 0.481. The Hall–Kier alpha value is -2.26. The van der Waals surface area contributed by atoms with Gasteiger partial charge in [-0.25, -0.2) is 0 Å². The smallest absolute Gasteiger partial charge is 0.305 e. The molecule has 0 saturated carbocycles. The summed E-state index contributed by atoms with van der Waals surface area (Å²) in [4.78, 5) is 22.9. The van der Waals surface area contributed by atoms with Crippen LogP contribution in [0.5, 0.6) is 0 Å². The summed E-state index contributed by atoms with van der Waals surface area (Å²) < 4.78 is 80.8. The van der Waals surface area contributed by atoms with Crippen molar-refractivity contribution < 1.29 is 168 Å². The van der Waals surface area contributed by atoms with Crippen LogP contribution < -0.4 is 0 Å². The monoisotopic (exact) mass is 1120 g/mol.